The second-order valence-electron chi connectivity index (χ2n) is 5.76. The summed E-state index contributed by atoms with van der Waals surface area (Å²) in [6, 6.07) is 5.51. The quantitative estimate of drug-likeness (QED) is 0.597. The Bertz CT molecular complexity index is 843. The van der Waals surface area contributed by atoms with Gasteiger partial charge < -0.3 is 10.6 Å². The first kappa shape index (κ1) is 20.4. The van der Waals surface area contributed by atoms with Gasteiger partial charge in [0.15, 0.2) is 11.0 Å². The molecule has 0 saturated carbocycles. The summed E-state index contributed by atoms with van der Waals surface area (Å²) in [5.74, 6) is -1.67. The molecule has 26 heavy (non-hydrogen) atoms. The predicted octanol–water partition coefficient (Wildman–Crippen LogP) is 5.57. The monoisotopic (exact) mass is 450 g/mol. The molecule has 0 aliphatic carbocycles. The smallest absolute Gasteiger partial charge is 0.337 e. The molecule has 1 heterocycles. The molecule has 2 aromatic rings. The summed E-state index contributed by atoms with van der Waals surface area (Å²) in [5.41, 5.74) is 1.27. The number of alkyl halides is 3. The minimum atomic E-state index is -5.06. The van der Waals surface area contributed by atoms with Crippen molar-refractivity contribution in [2.24, 2.45) is 0 Å². The van der Waals surface area contributed by atoms with Crippen LogP contribution < -0.4 is 10.6 Å². The highest BCUT2D eigenvalue weighted by Gasteiger charge is 2.39. The first-order valence-corrected chi connectivity index (χ1v) is 8.65. The van der Waals surface area contributed by atoms with E-state index in [1.807, 2.05) is 26.0 Å². The fourth-order valence-electron chi connectivity index (χ4n) is 2.04. The molecule has 0 spiro atoms. The molecule has 140 valence electrons. The highest BCUT2D eigenvalue weighted by Crippen LogP contribution is 2.34. The summed E-state index contributed by atoms with van der Waals surface area (Å²) in [4.78, 5) is 19.1. The molecule has 0 atom stereocenters. The minimum Gasteiger partial charge on any atom is -0.337 e. The van der Waals surface area contributed by atoms with Crippen LogP contribution >= 0.6 is 27.5 Å². The number of anilines is 3. The third-order valence-electron chi connectivity index (χ3n) is 3.39. The largest absolute Gasteiger partial charge is 0.471 e. The molecule has 1 aromatic carbocycles. The van der Waals surface area contributed by atoms with Gasteiger partial charge in [-0.25, -0.2) is 9.97 Å². The van der Waals surface area contributed by atoms with E-state index in [1.54, 1.807) is 11.4 Å². The van der Waals surface area contributed by atoms with Crippen molar-refractivity contribution >= 4 is 50.6 Å². The van der Waals surface area contributed by atoms with Gasteiger partial charge in [0.1, 0.15) is 11.5 Å². The summed E-state index contributed by atoms with van der Waals surface area (Å²) < 4.78 is 38.4. The maximum absolute atomic E-state index is 12.6. The van der Waals surface area contributed by atoms with Crippen molar-refractivity contribution in [3.63, 3.8) is 0 Å². The van der Waals surface area contributed by atoms with Crippen molar-refractivity contribution in [2.45, 2.75) is 32.9 Å². The summed E-state index contributed by atoms with van der Waals surface area (Å²) in [6.07, 6.45) is -5.06. The predicted molar refractivity (Wildman–Crippen MR) is 98.0 cm³/mol. The third-order valence-corrected chi connectivity index (χ3v) is 4.32. The Morgan fingerprint density at radius 3 is 2.46 bits per heavy atom. The number of rotatable bonds is 4. The molecule has 10 heteroatoms. The summed E-state index contributed by atoms with van der Waals surface area (Å²) in [7, 11) is 0. The molecular weight excluding hydrogens is 437 g/mol. The lowest BCUT2D eigenvalue weighted by atomic mass is 10.0. The van der Waals surface area contributed by atoms with Gasteiger partial charge in [0.25, 0.3) is 0 Å². The Morgan fingerprint density at radius 1 is 1.27 bits per heavy atom. The van der Waals surface area contributed by atoms with Crippen LogP contribution in [0.15, 0.2) is 22.7 Å². The van der Waals surface area contributed by atoms with E-state index in [9.17, 15) is 18.0 Å². The van der Waals surface area contributed by atoms with Crippen molar-refractivity contribution in [3.8, 4) is 0 Å². The van der Waals surface area contributed by atoms with Crippen LogP contribution in [-0.4, -0.2) is 22.1 Å². The Balaban J connectivity index is 2.41. The average Bonchev–Trinajstić information content (AvgIpc) is 2.51. The standard InChI is InChI=1S/C16H15BrClF3N4O/c1-7(2)9-4-5-11(10(17)6-9)24-14-12(13(18)22-8(3)23-14)25-15(26)16(19,20)21/h4-7H,1-3H3,(H,25,26)(H,22,23,24). The zero-order valence-corrected chi connectivity index (χ0v) is 16.3. The maximum Gasteiger partial charge on any atom is 0.471 e. The van der Waals surface area contributed by atoms with Crippen molar-refractivity contribution in [1.29, 1.82) is 0 Å². The molecule has 1 aromatic heterocycles. The highest BCUT2D eigenvalue weighted by molar-refractivity contribution is 9.10. The van der Waals surface area contributed by atoms with Gasteiger partial charge in [0.05, 0.1) is 5.69 Å². The second-order valence-corrected chi connectivity index (χ2v) is 6.97. The molecular formula is C16H15BrClF3N4O. The average molecular weight is 452 g/mol. The van der Waals surface area contributed by atoms with E-state index >= 15 is 0 Å². The maximum atomic E-state index is 12.6. The van der Waals surface area contributed by atoms with Crippen molar-refractivity contribution in [1.82, 2.24) is 9.97 Å². The van der Waals surface area contributed by atoms with E-state index in [4.69, 9.17) is 11.6 Å². The first-order chi connectivity index (χ1) is 12.0. The number of aryl methyl sites for hydroxylation is 1. The number of carbonyl (C=O) groups excluding carboxylic acids is 1. The molecule has 0 aliphatic rings. The Kier molecular flexibility index (Phi) is 6.13. The third kappa shape index (κ3) is 4.85. The fourth-order valence-corrected chi connectivity index (χ4v) is 2.80. The Labute approximate surface area is 161 Å². The number of halogens is 5. The van der Waals surface area contributed by atoms with Crippen molar-refractivity contribution < 1.29 is 18.0 Å². The zero-order valence-electron chi connectivity index (χ0n) is 14.0. The van der Waals surface area contributed by atoms with Crippen LogP contribution in [0.5, 0.6) is 0 Å². The van der Waals surface area contributed by atoms with Crippen LogP contribution in [0.25, 0.3) is 0 Å². The number of aromatic nitrogens is 2. The molecule has 0 saturated heterocycles. The van der Waals surface area contributed by atoms with E-state index in [1.165, 1.54) is 6.92 Å². The molecule has 0 unspecified atom stereocenters. The fraction of sp³-hybridized carbons (Fsp3) is 0.312. The van der Waals surface area contributed by atoms with E-state index < -0.39 is 12.1 Å². The SMILES string of the molecule is Cc1nc(Cl)c(NC(=O)C(F)(F)F)c(Nc2ccc(C(C)C)cc2Br)n1. The molecule has 1 amide bonds. The number of amides is 1. The van der Waals surface area contributed by atoms with Crippen LogP contribution in [-0.2, 0) is 4.79 Å². The second kappa shape index (κ2) is 7.79. The summed E-state index contributed by atoms with van der Waals surface area (Å²) >= 11 is 9.33. The van der Waals surface area contributed by atoms with Crippen LogP contribution in [0.1, 0.15) is 31.2 Å². The summed E-state index contributed by atoms with van der Waals surface area (Å²) in [6.45, 7) is 5.60. The van der Waals surface area contributed by atoms with E-state index in [0.29, 0.717) is 16.1 Å². The van der Waals surface area contributed by atoms with Gasteiger partial charge in [0.2, 0.25) is 0 Å². The van der Waals surface area contributed by atoms with Gasteiger partial charge in [-0.1, -0.05) is 31.5 Å². The van der Waals surface area contributed by atoms with E-state index in [0.717, 1.165) is 5.56 Å². The van der Waals surface area contributed by atoms with Crippen molar-refractivity contribution in [3.05, 3.63) is 39.2 Å². The first-order valence-electron chi connectivity index (χ1n) is 7.47. The van der Waals surface area contributed by atoms with E-state index in [-0.39, 0.29) is 22.5 Å². The lowest BCUT2D eigenvalue weighted by molar-refractivity contribution is -0.167. The van der Waals surface area contributed by atoms with Gasteiger partial charge in [-0.05, 0) is 46.5 Å². The molecule has 0 radical (unpaired) electrons. The van der Waals surface area contributed by atoms with Crippen molar-refractivity contribution in [2.75, 3.05) is 10.6 Å². The number of benzene rings is 1. The topological polar surface area (TPSA) is 66.9 Å². The van der Waals surface area contributed by atoms with Crippen LogP contribution in [0, 0.1) is 6.92 Å². The van der Waals surface area contributed by atoms with Gasteiger partial charge >= 0.3 is 12.1 Å². The highest BCUT2D eigenvalue weighted by atomic mass is 79.9. The molecule has 2 rings (SSSR count). The Morgan fingerprint density at radius 2 is 1.92 bits per heavy atom. The summed E-state index contributed by atoms with van der Waals surface area (Å²) in [5, 5.41) is 4.30. The van der Waals surface area contributed by atoms with Crippen LogP contribution in [0.3, 0.4) is 0 Å². The Hall–Kier alpha value is -1.87. The number of nitrogens with zero attached hydrogens (tertiary/aromatic N) is 2. The number of carbonyl (C=O) groups is 1. The normalized spacial score (nSPS) is 11.6. The van der Waals surface area contributed by atoms with Gasteiger partial charge in [-0.3, -0.25) is 4.79 Å². The lowest BCUT2D eigenvalue weighted by Crippen LogP contribution is -2.30. The molecule has 0 bridgehead atoms. The molecule has 0 aliphatic heterocycles. The number of hydrogen-bond donors (Lipinski definition) is 2. The minimum absolute atomic E-state index is 0.0434. The van der Waals surface area contributed by atoms with Crippen LogP contribution in [0.2, 0.25) is 5.15 Å². The number of hydrogen-bond acceptors (Lipinski definition) is 4. The molecule has 2 N–H and O–H groups in total. The van der Waals surface area contributed by atoms with Gasteiger partial charge in [-0.2, -0.15) is 13.2 Å². The molecule has 0 fully saturated rings. The van der Waals surface area contributed by atoms with Crippen LogP contribution in [0.4, 0.5) is 30.4 Å². The van der Waals surface area contributed by atoms with E-state index in [2.05, 4.69) is 31.2 Å². The van der Waals surface area contributed by atoms with Gasteiger partial charge in [0, 0.05) is 4.47 Å². The zero-order chi connectivity index (χ0) is 19.6. The number of nitrogens with one attached hydrogen (secondary N) is 2. The van der Waals surface area contributed by atoms with Gasteiger partial charge in [-0.15, -0.1) is 0 Å². The molecule has 5 nitrogen and oxygen atoms in total. The lowest BCUT2D eigenvalue weighted by Gasteiger charge is -2.16.